The summed E-state index contributed by atoms with van der Waals surface area (Å²) in [6, 6.07) is 4.86. The van der Waals surface area contributed by atoms with E-state index >= 15 is 0 Å². The van der Waals surface area contributed by atoms with Crippen LogP contribution < -0.4 is 5.32 Å². The van der Waals surface area contributed by atoms with Gasteiger partial charge in [-0.3, -0.25) is 19.9 Å². The Kier molecular flexibility index (Phi) is 3.62. The highest BCUT2D eigenvalue weighted by atomic mass is 16.6. The van der Waals surface area contributed by atoms with E-state index in [0.717, 1.165) is 6.92 Å². The minimum Gasteiger partial charge on any atom is -0.465 e. The fourth-order valence-electron chi connectivity index (χ4n) is 1.85. The molecule has 0 fully saturated rings. The van der Waals surface area contributed by atoms with Gasteiger partial charge in [0.25, 0.3) is 5.78 Å². The van der Waals surface area contributed by atoms with Crippen LogP contribution in [0.25, 0.3) is 0 Å². The lowest BCUT2D eigenvalue weighted by Crippen LogP contribution is -2.33. The Hall–Kier alpha value is -2.90. The maximum atomic E-state index is 12.4. The van der Waals surface area contributed by atoms with Crippen molar-refractivity contribution in [2.24, 2.45) is 0 Å². The Bertz CT molecular complexity index is 639. The van der Waals surface area contributed by atoms with Crippen LogP contribution in [-0.4, -0.2) is 27.9 Å². The Morgan fingerprint density at radius 2 is 2.14 bits per heavy atom. The predicted octanol–water partition coefficient (Wildman–Crippen LogP) is 0.896. The molecule has 0 radical (unpaired) electrons. The van der Waals surface area contributed by atoms with Crippen molar-refractivity contribution < 1.29 is 29.0 Å². The molecule has 21 heavy (non-hydrogen) atoms. The summed E-state index contributed by atoms with van der Waals surface area (Å²) in [5.74, 6) is -2.38. The SMILES string of the molecule is CC(=O)OC1=C(NC(=O)O)OC(C)(c2ccccn2)C1=O. The van der Waals surface area contributed by atoms with E-state index in [9.17, 15) is 14.4 Å². The Morgan fingerprint density at radius 3 is 2.67 bits per heavy atom. The number of esters is 1. The van der Waals surface area contributed by atoms with Gasteiger partial charge in [0.15, 0.2) is 0 Å². The summed E-state index contributed by atoms with van der Waals surface area (Å²) in [6.07, 6.45) is 0.0125. The average molecular weight is 292 g/mol. The molecule has 2 N–H and O–H groups in total. The van der Waals surface area contributed by atoms with Crippen molar-refractivity contribution in [3.63, 3.8) is 0 Å². The topological polar surface area (TPSA) is 115 Å². The van der Waals surface area contributed by atoms with Gasteiger partial charge in [0, 0.05) is 13.1 Å². The maximum Gasteiger partial charge on any atom is 0.411 e. The van der Waals surface area contributed by atoms with Crippen LogP contribution in [0, 0.1) is 0 Å². The zero-order valence-corrected chi connectivity index (χ0v) is 11.2. The number of nitrogens with one attached hydrogen (secondary N) is 1. The lowest BCUT2D eigenvalue weighted by molar-refractivity contribution is -0.142. The Labute approximate surface area is 119 Å². The Balaban J connectivity index is 2.42. The molecular weight excluding hydrogens is 280 g/mol. The molecule has 1 atom stereocenters. The van der Waals surface area contributed by atoms with Gasteiger partial charge in [-0.15, -0.1) is 0 Å². The van der Waals surface area contributed by atoms with Gasteiger partial charge < -0.3 is 14.6 Å². The van der Waals surface area contributed by atoms with Crippen LogP contribution in [0.2, 0.25) is 0 Å². The van der Waals surface area contributed by atoms with E-state index in [1.54, 1.807) is 18.2 Å². The monoisotopic (exact) mass is 292 g/mol. The number of nitrogens with zero attached hydrogens (tertiary/aromatic N) is 1. The molecule has 2 rings (SSSR count). The molecule has 8 heteroatoms. The van der Waals surface area contributed by atoms with Gasteiger partial charge in [0.2, 0.25) is 17.2 Å². The third-order valence-electron chi connectivity index (χ3n) is 2.77. The molecule has 0 aliphatic carbocycles. The van der Waals surface area contributed by atoms with Crippen molar-refractivity contribution in [2.75, 3.05) is 0 Å². The number of amides is 1. The smallest absolute Gasteiger partial charge is 0.411 e. The quantitative estimate of drug-likeness (QED) is 0.795. The molecular formula is C13H12N2O6. The Morgan fingerprint density at radius 1 is 1.43 bits per heavy atom. The number of rotatable bonds is 3. The van der Waals surface area contributed by atoms with Crippen molar-refractivity contribution in [3.05, 3.63) is 41.7 Å². The average Bonchev–Trinajstić information content (AvgIpc) is 2.64. The lowest BCUT2D eigenvalue weighted by Gasteiger charge is -2.21. The van der Waals surface area contributed by atoms with E-state index in [4.69, 9.17) is 14.6 Å². The molecule has 1 aromatic heterocycles. The molecule has 2 heterocycles. The van der Waals surface area contributed by atoms with E-state index in [0.29, 0.717) is 0 Å². The van der Waals surface area contributed by atoms with Gasteiger partial charge in [-0.2, -0.15) is 0 Å². The molecule has 1 aliphatic rings. The standard InChI is InChI=1S/C13H12N2O6/c1-7(16)20-9-10(17)13(2,8-5-3-4-6-14-8)21-11(9)15-12(18)19/h3-6,15H,1-2H3,(H,18,19). The van der Waals surface area contributed by atoms with Crippen LogP contribution in [0.5, 0.6) is 0 Å². The van der Waals surface area contributed by atoms with Crippen molar-refractivity contribution in [2.45, 2.75) is 19.4 Å². The first kappa shape index (κ1) is 14.5. The van der Waals surface area contributed by atoms with Crippen LogP contribution in [0.15, 0.2) is 36.0 Å². The first-order chi connectivity index (χ1) is 9.84. The maximum absolute atomic E-state index is 12.4. The number of ketones is 1. The number of carbonyl (C=O) groups excluding carboxylic acids is 2. The predicted molar refractivity (Wildman–Crippen MR) is 67.6 cm³/mol. The summed E-state index contributed by atoms with van der Waals surface area (Å²) >= 11 is 0. The van der Waals surface area contributed by atoms with Crippen LogP contribution in [0.3, 0.4) is 0 Å². The van der Waals surface area contributed by atoms with E-state index in [2.05, 4.69) is 4.98 Å². The highest BCUT2D eigenvalue weighted by Crippen LogP contribution is 2.37. The molecule has 8 nitrogen and oxygen atoms in total. The molecule has 0 saturated heterocycles. The highest BCUT2D eigenvalue weighted by Gasteiger charge is 2.50. The van der Waals surface area contributed by atoms with E-state index in [1.807, 2.05) is 5.32 Å². The normalized spacial score (nSPS) is 21.0. The summed E-state index contributed by atoms with van der Waals surface area (Å²) in [5, 5.41) is 10.7. The fraction of sp³-hybridized carbons (Fsp3) is 0.231. The van der Waals surface area contributed by atoms with Gasteiger partial charge in [0.05, 0.1) is 5.69 Å². The van der Waals surface area contributed by atoms with Crippen molar-refractivity contribution in [1.29, 1.82) is 0 Å². The van der Waals surface area contributed by atoms with E-state index < -0.39 is 35.1 Å². The number of Topliss-reactive ketones (excluding diaryl/α,β-unsaturated/α-hetero) is 1. The molecule has 110 valence electrons. The van der Waals surface area contributed by atoms with Crippen molar-refractivity contribution in [1.82, 2.24) is 10.3 Å². The molecule has 0 aromatic carbocycles. The molecule has 0 saturated carbocycles. The summed E-state index contributed by atoms with van der Waals surface area (Å²) < 4.78 is 10.1. The molecule has 1 aromatic rings. The summed E-state index contributed by atoms with van der Waals surface area (Å²) in [6.45, 7) is 2.51. The number of hydrogen-bond acceptors (Lipinski definition) is 6. The lowest BCUT2D eigenvalue weighted by atomic mass is 9.96. The number of ether oxygens (including phenoxy) is 2. The number of carboxylic acid groups (broad SMARTS) is 1. The van der Waals surface area contributed by atoms with Gasteiger partial charge in [-0.05, 0) is 19.1 Å². The molecule has 0 bridgehead atoms. The fourth-order valence-corrected chi connectivity index (χ4v) is 1.85. The zero-order chi connectivity index (χ0) is 15.6. The first-order valence-electron chi connectivity index (χ1n) is 5.92. The number of pyridine rings is 1. The minimum atomic E-state index is -1.57. The molecule has 1 unspecified atom stereocenters. The summed E-state index contributed by atoms with van der Waals surface area (Å²) in [7, 11) is 0. The van der Waals surface area contributed by atoms with Gasteiger partial charge >= 0.3 is 12.1 Å². The van der Waals surface area contributed by atoms with Crippen LogP contribution in [0.4, 0.5) is 4.79 Å². The van der Waals surface area contributed by atoms with Gasteiger partial charge in [-0.1, -0.05) is 6.07 Å². The van der Waals surface area contributed by atoms with E-state index in [1.165, 1.54) is 13.1 Å². The van der Waals surface area contributed by atoms with Crippen molar-refractivity contribution >= 4 is 17.8 Å². The highest BCUT2D eigenvalue weighted by molar-refractivity contribution is 6.04. The van der Waals surface area contributed by atoms with Crippen LogP contribution in [0.1, 0.15) is 19.5 Å². The second-order valence-electron chi connectivity index (χ2n) is 4.36. The minimum absolute atomic E-state index is 0.266. The number of aromatic nitrogens is 1. The van der Waals surface area contributed by atoms with Crippen molar-refractivity contribution in [3.8, 4) is 0 Å². The van der Waals surface area contributed by atoms with Gasteiger partial charge in [-0.25, -0.2) is 4.79 Å². The second kappa shape index (κ2) is 5.23. The van der Waals surface area contributed by atoms with Gasteiger partial charge in [0.1, 0.15) is 0 Å². The number of hydrogen-bond donors (Lipinski definition) is 2. The second-order valence-corrected chi connectivity index (χ2v) is 4.36. The van der Waals surface area contributed by atoms with Crippen LogP contribution in [-0.2, 0) is 24.7 Å². The summed E-state index contributed by atoms with van der Waals surface area (Å²) in [4.78, 5) is 38.3. The zero-order valence-electron chi connectivity index (χ0n) is 11.2. The largest absolute Gasteiger partial charge is 0.465 e. The molecule has 1 aliphatic heterocycles. The first-order valence-corrected chi connectivity index (χ1v) is 5.92. The van der Waals surface area contributed by atoms with E-state index in [-0.39, 0.29) is 5.69 Å². The molecule has 0 spiro atoms. The van der Waals surface area contributed by atoms with Crippen LogP contribution >= 0.6 is 0 Å². The summed E-state index contributed by atoms with van der Waals surface area (Å²) in [5.41, 5.74) is -1.30. The third kappa shape index (κ3) is 2.69. The third-order valence-corrected chi connectivity index (χ3v) is 2.77. The molecule has 1 amide bonds. The number of carbonyl (C=O) groups is 3.